The van der Waals surface area contributed by atoms with Crippen LogP contribution in [0.2, 0.25) is 0 Å². The van der Waals surface area contributed by atoms with Crippen molar-refractivity contribution in [2.45, 2.75) is 77.1 Å². The van der Waals surface area contributed by atoms with E-state index in [0.29, 0.717) is 0 Å². The van der Waals surface area contributed by atoms with E-state index in [9.17, 15) is 27.6 Å². The molecule has 1 N–H and O–H groups in total. The minimum atomic E-state index is -6.09. The first kappa shape index (κ1) is 31.3. The molecule has 0 aliphatic carbocycles. The van der Waals surface area contributed by atoms with E-state index >= 15 is 0 Å². The molecule has 1 aromatic heterocycles. The molecule has 0 spiro atoms. The third kappa shape index (κ3) is 13.1. The van der Waals surface area contributed by atoms with Gasteiger partial charge in [0.05, 0.1) is 7.05 Å². The number of esters is 2. The lowest BCUT2D eigenvalue weighted by molar-refractivity contribution is -0.670. The van der Waals surface area contributed by atoms with Gasteiger partial charge in [0, 0.05) is 6.42 Å². The molecule has 0 aliphatic heterocycles. The third-order valence-electron chi connectivity index (χ3n) is 3.33. The van der Waals surface area contributed by atoms with Crippen molar-refractivity contribution in [1.29, 1.82) is 0 Å². The summed E-state index contributed by atoms with van der Waals surface area (Å²) in [5.74, 6) is -1.03. The van der Waals surface area contributed by atoms with Gasteiger partial charge < -0.3 is 19.3 Å². The Bertz CT molecular complexity index is 961. The van der Waals surface area contributed by atoms with Crippen LogP contribution in [0.3, 0.4) is 0 Å². The van der Waals surface area contributed by atoms with Crippen molar-refractivity contribution in [2.75, 3.05) is 0 Å². The number of amides is 1. The van der Waals surface area contributed by atoms with Gasteiger partial charge in [0.2, 0.25) is 0 Å². The van der Waals surface area contributed by atoms with Gasteiger partial charge in [-0.3, -0.25) is 4.79 Å². The van der Waals surface area contributed by atoms with Crippen LogP contribution in [-0.4, -0.2) is 58.3 Å². The zero-order valence-electron chi connectivity index (χ0n) is 19.9. The molecule has 0 radical (unpaired) electrons. The second kappa shape index (κ2) is 11.6. The molecular formula is C19H30F3N3O8S. The molecule has 1 atom stereocenters. The SMILES string of the molecule is C[n+]1ccn(C(=O)N[C@@H](CCC(=O)OC(C)(C)C)C(=O)OC(C)(C)C)c1.O=S(=O)([O-])C(F)(F)F. The number of aryl methyl sites for hydroxylation is 1. The van der Waals surface area contributed by atoms with Gasteiger partial charge in [-0.05, 0) is 48.0 Å². The summed E-state index contributed by atoms with van der Waals surface area (Å²) in [6.07, 6.45) is 4.90. The van der Waals surface area contributed by atoms with Crippen LogP contribution in [-0.2, 0) is 36.2 Å². The van der Waals surface area contributed by atoms with Crippen molar-refractivity contribution in [3.8, 4) is 0 Å². The van der Waals surface area contributed by atoms with Gasteiger partial charge in [0.1, 0.15) is 29.6 Å². The zero-order chi connectivity index (χ0) is 27.1. The summed E-state index contributed by atoms with van der Waals surface area (Å²) in [5.41, 5.74) is -6.96. The van der Waals surface area contributed by atoms with Crippen molar-refractivity contribution < 1.29 is 54.6 Å². The highest BCUT2D eigenvalue weighted by atomic mass is 32.2. The lowest BCUT2D eigenvalue weighted by Gasteiger charge is -2.24. The van der Waals surface area contributed by atoms with E-state index in [1.807, 2.05) is 0 Å². The quantitative estimate of drug-likeness (QED) is 0.269. The highest BCUT2D eigenvalue weighted by molar-refractivity contribution is 7.86. The molecule has 1 rings (SSSR count). The Hall–Kier alpha value is -2.68. The van der Waals surface area contributed by atoms with Crippen LogP contribution in [0.4, 0.5) is 18.0 Å². The number of halogens is 3. The number of carbonyl (C=O) groups is 3. The molecule has 0 bridgehead atoms. The fourth-order valence-electron chi connectivity index (χ4n) is 2.07. The maximum Gasteiger partial charge on any atom is 0.485 e. The zero-order valence-corrected chi connectivity index (χ0v) is 20.7. The number of carbonyl (C=O) groups excluding carboxylic acids is 3. The van der Waals surface area contributed by atoms with Gasteiger partial charge in [-0.25, -0.2) is 22.6 Å². The van der Waals surface area contributed by atoms with Crippen LogP contribution in [0.1, 0.15) is 54.4 Å². The van der Waals surface area contributed by atoms with Crippen LogP contribution >= 0.6 is 0 Å². The molecule has 1 aromatic rings. The molecule has 0 saturated heterocycles. The van der Waals surface area contributed by atoms with Gasteiger partial charge in [-0.15, -0.1) is 0 Å². The molecule has 1 amide bonds. The molecule has 1 heterocycles. The average molecular weight is 518 g/mol. The Morgan fingerprint density at radius 1 is 1.06 bits per heavy atom. The number of ether oxygens (including phenoxy) is 2. The molecule has 0 unspecified atom stereocenters. The number of alkyl halides is 3. The number of aromatic nitrogens is 2. The smallest absolute Gasteiger partial charge is 0.485 e. The fraction of sp³-hybridized carbons (Fsp3) is 0.684. The maximum absolute atomic E-state index is 12.4. The van der Waals surface area contributed by atoms with Crippen molar-refractivity contribution in [1.82, 2.24) is 9.88 Å². The minimum absolute atomic E-state index is 0.0130. The number of hydrogen-bond acceptors (Lipinski definition) is 8. The van der Waals surface area contributed by atoms with Crippen LogP contribution in [0.15, 0.2) is 18.7 Å². The Morgan fingerprint density at radius 2 is 1.53 bits per heavy atom. The fourth-order valence-corrected chi connectivity index (χ4v) is 2.07. The van der Waals surface area contributed by atoms with Gasteiger partial charge in [-0.2, -0.15) is 17.7 Å². The Balaban J connectivity index is 0.00000116. The maximum atomic E-state index is 12.4. The predicted molar refractivity (Wildman–Crippen MR) is 110 cm³/mol. The minimum Gasteiger partial charge on any atom is -0.741 e. The first-order chi connectivity index (χ1) is 15.0. The number of rotatable bonds is 5. The van der Waals surface area contributed by atoms with Gasteiger partial charge in [0.15, 0.2) is 10.1 Å². The highest BCUT2D eigenvalue weighted by Gasteiger charge is 2.37. The summed E-state index contributed by atoms with van der Waals surface area (Å²) in [6.45, 7) is 10.5. The largest absolute Gasteiger partial charge is 0.741 e. The van der Waals surface area contributed by atoms with E-state index in [0.717, 1.165) is 0 Å². The van der Waals surface area contributed by atoms with E-state index in [-0.39, 0.29) is 12.8 Å². The van der Waals surface area contributed by atoms with Crippen molar-refractivity contribution in [3.05, 3.63) is 18.7 Å². The van der Waals surface area contributed by atoms with E-state index in [1.165, 1.54) is 4.57 Å². The standard InChI is InChI=1S/C18H29N3O5.CHF3O3S/c1-17(2,3)25-14(22)9-8-13(15(23)26-18(4,5)6)19-16(24)21-11-10-20(7)12-21;2-1(3,4)8(5,6)7/h10-13H,8-9H2,1-7H3;(H,5,6,7)/t13-;/m0./s1. The second-order valence-electron chi connectivity index (χ2n) is 9.05. The lowest BCUT2D eigenvalue weighted by atomic mass is 10.1. The Morgan fingerprint density at radius 3 is 1.88 bits per heavy atom. The molecule has 196 valence electrons. The van der Waals surface area contributed by atoms with Gasteiger partial charge in [-0.1, -0.05) is 0 Å². The number of nitrogens with one attached hydrogen (secondary N) is 1. The second-order valence-corrected chi connectivity index (χ2v) is 10.4. The molecule has 15 heteroatoms. The van der Waals surface area contributed by atoms with Crippen LogP contribution in [0.5, 0.6) is 0 Å². The topological polar surface area (TPSA) is 148 Å². The summed E-state index contributed by atoms with van der Waals surface area (Å²) < 4.78 is 72.5. The third-order valence-corrected chi connectivity index (χ3v) is 3.90. The van der Waals surface area contributed by atoms with Crippen LogP contribution < -0.4 is 9.88 Å². The molecule has 34 heavy (non-hydrogen) atoms. The Labute approximate surface area is 196 Å². The molecule has 0 aliphatic rings. The number of imidazole rings is 1. The summed E-state index contributed by atoms with van der Waals surface area (Å²) in [6, 6.07) is -1.44. The Kier molecular flexibility index (Phi) is 10.7. The van der Waals surface area contributed by atoms with Gasteiger partial charge in [0.25, 0.3) is 6.33 Å². The van der Waals surface area contributed by atoms with Crippen molar-refractivity contribution in [3.63, 3.8) is 0 Å². The molecule has 0 fully saturated rings. The molecule has 11 nitrogen and oxygen atoms in total. The molecule has 0 saturated carbocycles. The lowest BCUT2D eigenvalue weighted by Crippen LogP contribution is -2.46. The first-order valence-electron chi connectivity index (χ1n) is 9.83. The summed E-state index contributed by atoms with van der Waals surface area (Å²) in [7, 11) is -4.31. The van der Waals surface area contributed by atoms with Crippen LogP contribution in [0, 0.1) is 0 Å². The summed E-state index contributed by atoms with van der Waals surface area (Å²) >= 11 is 0. The van der Waals surface area contributed by atoms with E-state index in [4.69, 9.17) is 22.4 Å². The van der Waals surface area contributed by atoms with Crippen molar-refractivity contribution >= 4 is 28.1 Å². The monoisotopic (exact) mass is 517 g/mol. The molecular weight excluding hydrogens is 487 g/mol. The molecule has 0 aromatic carbocycles. The van der Waals surface area contributed by atoms with E-state index < -0.39 is 50.8 Å². The number of hydrogen-bond donors (Lipinski definition) is 1. The summed E-state index contributed by atoms with van der Waals surface area (Å²) in [4.78, 5) is 36.7. The van der Waals surface area contributed by atoms with Gasteiger partial charge >= 0.3 is 23.5 Å². The number of nitrogens with zero attached hydrogens (tertiary/aromatic N) is 2. The predicted octanol–water partition coefficient (Wildman–Crippen LogP) is 1.75. The summed E-state index contributed by atoms with van der Waals surface area (Å²) in [5, 5.41) is 2.62. The van der Waals surface area contributed by atoms with Crippen molar-refractivity contribution in [2.24, 2.45) is 7.05 Å². The van der Waals surface area contributed by atoms with E-state index in [1.54, 1.807) is 71.9 Å². The normalized spacial score (nSPS) is 13.3. The average Bonchev–Trinajstić information content (AvgIpc) is 3.00. The first-order valence-corrected chi connectivity index (χ1v) is 11.2. The van der Waals surface area contributed by atoms with E-state index in [2.05, 4.69) is 5.32 Å². The highest BCUT2D eigenvalue weighted by Crippen LogP contribution is 2.20. The van der Waals surface area contributed by atoms with Crippen LogP contribution in [0.25, 0.3) is 0 Å².